The van der Waals surface area contributed by atoms with E-state index in [0.717, 1.165) is 0 Å². The third-order valence-corrected chi connectivity index (χ3v) is 8.20. The lowest BCUT2D eigenvalue weighted by atomic mass is 10.1. The summed E-state index contributed by atoms with van der Waals surface area (Å²) in [6.45, 7) is 4.81. The smallest absolute Gasteiger partial charge is 0.302 e. The number of aliphatic hydroxyl groups excluding tert-OH is 1. The molecule has 1 atom stereocenters. The first-order valence-corrected chi connectivity index (χ1v) is 14.0. The van der Waals surface area contributed by atoms with Gasteiger partial charge in [-0.25, -0.2) is 0 Å². The Morgan fingerprint density at radius 3 is 2.31 bits per heavy atom. The molecule has 35 heavy (non-hydrogen) atoms. The number of carbonyl (C=O) groups excluding carboxylic acids is 4. The van der Waals surface area contributed by atoms with Crippen molar-refractivity contribution in [3.63, 3.8) is 0 Å². The van der Waals surface area contributed by atoms with Crippen LogP contribution < -0.4 is 5.32 Å². The van der Waals surface area contributed by atoms with Gasteiger partial charge in [0.2, 0.25) is 5.91 Å². The van der Waals surface area contributed by atoms with Crippen LogP contribution in [0.4, 0.5) is 5.69 Å². The number of benzene rings is 1. The van der Waals surface area contributed by atoms with E-state index < -0.39 is 34.9 Å². The van der Waals surface area contributed by atoms with Crippen molar-refractivity contribution in [2.24, 2.45) is 0 Å². The van der Waals surface area contributed by atoms with E-state index in [1.807, 2.05) is 67.8 Å². The number of hydrogen-bond acceptors (Lipinski definition) is 8. The minimum Gasteiger partial charge on any atom is -0.465 e. The van der Waals surface area contributed by atoms with Gasteiger partial charge in [-0.15, -0.1) is 0 Å². The van der Waals surface area contributed by atoms with E-state index in [-0.39, 0.29) is 56.1 Å². The van der Waals surface area contributed by atoms with Crippen molar-refractivity contribution >= 4 is 108 Å². The summed E-state index contributed by atoms with van der Waals surface area (Å²) >= 11 is 11.6. The summed E-state index contributed by atoms with van der Waals surface area (Å²) in [5.41, 5.74) is 0.493. The van der Waals surface area contributed by atoms with Crippen molar-refractivity contribution in [2.45, 2.75) is 39.1 Å². The first kappa shape index (κ1) is 30.9. The van der Waals surface area contributed by atoms with E-state index in [1.54, 1.807) is 13.8 Å². The van der Waals surface area contributed by atoms with Crippen LogP contribution in [0.25, 0.3) is 0 Å². The summed E-state index contributed by atoms with van der Waals surface area (Å²) in [4.78, 5) is 50.8. The highest BCUT2D eigenvalue weighted by atomic mass is 127. The van der Waals surface area contributed by atoms with Crippen molar-refractivity contribution in [1.29, 1.82) is 0 Å². The van der Waals surface area contributed by atoms with E-state index in [1.165, 1.54) is 11.8 Å². The Morgan fingerprint density at radius 1 is 1.17 bits per heavy atom. The maximum atomic E-state index is 13.7. The van der Waals surface area contributed by atoms with Gasteiger partial charge in [-0.2, -0.15) is 0 Å². The molecule has 1 aliphatic heterocycles. The van der Waals surface area contributed by atoms with Crippen molar-refractivity contribution in [2.75, 3.05) is 38.2 Å². The van der Waals surface area contributed by atoms with Crippen molar-refractivity contribution in [3.8, 4) is 0 Å². The van der Waals surface area contributed by atoms with Crippen LogP contribution in [-0.2, 0) is 23.8 Å². The Bertz CT molecular complexity index is 1020. The zero-order valence-electron chi connectivity index (χ0n) is 19.1. The molecule has 1 aromatic rings. The van der Waals surface area contributed by atoms with Gasteiger partial charge in [-0.3, -0.25) is 19.2 Å². The number of nitrogens with zero attached hydrogens (tertiary/aromatic N) is 1. The molecule has 1 heterocycles. The Balaban J connectivity index is 2.45. The third-order valence-electron chi connectivity index (χ3n) is 4.77. The first-order valence-electron chi connectivity index (χ1n) is 10.3. The molecule has 2 N–H and O–H groups in total. The predicted octanol–water partition coefficient (Wildman–Crippen LogP) is 3.36. The highest BCUT2D eigenvalue weighted by Gasteiger charge is 2.36. The number of hydrogen-bond donors (Lipinski definition) is 2. The summed E-state index contributed by atoms with van der Waals surface area (Å²) in [5.74, 6) is -2.23. The molecule has 194 valence electrons. The average Bonchev–Trinajstić information content (AvgIpc) is 3.08. The van der Waals surface area contributed by atoms with Gasteiger partial charge in [0.05, 0.1) is 43.6 Å². The second kappa shape index (κ2) is 13.5. The average molecular weight is 849 g/mol. The van der Waals surface area contributed by atoms with E-state index in [2.05, 4.69) is 5.32 Å². The molecule has 1 aliphatic rings. The molecule has 1 unspecified atom stereocenters. The van der Waals surface area contributed by atoms with Crippen molar-refractivity contribution in [3.05, 3.63) is 21.8 Å². The van der Waals surface area contributed by atoms with Crippen LogP contribution in [0, 0.1) is 10.7 Å². The zero-order valence-corrected chi connectivity index (χ0v) is 26.3. The number of esters is 1. The maximum Gasteiger partial charge on any atom is 0.302 e. The van der Waals surface area contributed by atoms with Crippen LogP contribution in [-0.4, -0.2) is 77.8 Å². The van der Waals surface area contributed by atoms with Gasteiger partial charge >= 0.3 is 5.97 Å². The lowest BCUT2D eigenvalue weighted by Crippen LogP contribution is -2.41. The van der Waals surface area contributed by atoms with Gasteiger partial charge in [0.25, 0.3) is 11.1 Å². The number of rotatable bonds is 10. The molecule has 0 bridgehead atoms. The van der Waals surface area contributed by atoms with Crippen molar-refractivity contribution in [1.82, 2.24) is 4.90 Å². The molecule has 10 nitrogen and oxygen atoms in total. The van der Waals surface area contributed by atoms with E-state index in [9.17, 15) is 24.3 Å². The number of halogens is 4. The molecular weight excluding hydrogens is 824 g/mol. The van der Waals surface area contributed by atoms with Crippen LogP contribution in [0.1, 0.15) is 47.9 Å². The highest BCUT2D eigenvalue weighted by molar-refractivity contribution is 14.1. The maximum absolute atomic E-state index is 13.7. The second-order valence-corrected chi connectivity index (χ2v) is 11.5. The molecular formula is C21H24ClI3N2O8. The van der Waals surface area contributed by atoms with Crippen LogP contribution in [0.5, 0.6) is 0 Å². The van der Waals surface area contributed by atoms with Gasteiger partial charge < -0.3 is 29.5 Å². The quantitative estimate of drug-likeness (QED) is 0.209. The highest BCUT2D eigenvalue weighted by Crippen LogP contribution is 2.37. The molecule has 2 rings (SSSR count). The standard InChI is InChI=1S/C21H24ClI3N2O8/c1-10(29)33-7-4-12(30)26-18-16(24)13(19(22)31)15(23)14(17(18)25)20(32)27(5-6-28)8-11-9-34-21(2,3)35-11/h11,28H,4-9H2,1-3H3,(H,26,30). The zero-order chi connectivity index (χ0) is 26.5. The van der Waals surface area contributed by atoms with Gasteiger partial charge in [0.1, 0.15) is 12.7 Å². The number of aliphatic hydroxyl groups is 1. The monoisotopic (exact) mass is 848 g/mol. The molecule has 0 aliphatic carbocycles. The molecule has 1 aromatic carbocycles. The van der Waals surface area contributed by atoms with E-state index in [0.29, 0.717) is 10.7 Å². The Morgan fingerprint density at radius 2 is 1.80 bits per heavy atom. The molecule has 1 saturated heterocycles. The van der Waals surface area contributed by atoms with Crippen LogP contribution >= 0.6 is 79.4 Å². The Labute approximate surface area is 248 Å². The SMILES string of the molecule is CC(=O)OCCC(=O)Nc1c(I)c(C(=O)Cl)c(I)c(C(=O)N(CCO)CC2COC(C)(C)O2)c1I. The number of amides is 2. The number of carbonyl (C=O) groups is 4. The summed E-state index contributed by atoms with van der Waals surface area (Å²) in [7, 11) is 0. The fraction of sp³-hybridized carbons (Fsp3) is 0.524. The number of ether oxygens (including phenoxy) is 3. The molecule has 0 spiro atoms. The second-order valence-electron chi connectivity index (χ2n) is 7.90. The third kappa shape index (κ3) is 8.33. The van der Waals surface area contributed by atoms with E-state index in [4.69, 9.17) is 25.8 Å². The minimum absolute atomic E-state index is 0.0193. The van der Waals surface area contributed by atoms with E-state index >= 15 is 0 Å². The fourth-order valence-electron chi connectivity index (χ4n) is 3.28. The van der Waals surface area contributed by atoms with Crippen molar-refractivity contribution < 1.29 is 38.5 Å². The van der Waals surface area contributed by atoms with Crippen LogP contribution in [0.2, 0.25) is 0 Å². The summed E-state index contributed by atoms with van der Waals surface area (Å²) < 4.78 is 17.3. The summed E-state index contributed by atoms with van der Waals surface area (Å²) in [5, 5.41) is 11.5. The molecule has 0 saturated carbocycles. The fourth-order valence-corrected chi connectivity index (χ4v) is 8.17. The minimum atomic E-state index is -0.789. The van der Waals surface area contributed by atoms with Crippen LogP contribution in [0.15, 0.2) is 0 Å². The Kier molecular flexibility index (Phi) is 11.9. The lowest BCUT2D eigenvalue weighted by Gasteiger charge is -2.27. The van der Waals surface area contributed by atoms with Gasteiger partial charge in [-0.05, 0) is 93.2 Å². The van der Waals surface area contributed by atoms with Gasteiger partial charge in [0, 0.05) is 23.6 Å². The molecule has 2 amide bonds. The molecule has 14 heteroatoms. The molecule has 1 fully saturated rings. The topological polar surface area (TPSA) is 131 Å². The first-order chi connectivity index (χ1) is 16.3. The van der Waals surface area contributed by atoms with Crippen LogP contribution in [0.3, 0.4) is 0 Å². The summed E-state index contributed by atoms with van der Waals surface area (Å²) in [6, 6.07) is 0. The molecule has 0 radical (unpaired) electrons. The normalized spacial score (nSPS) is 16.6. The lowest BCUT2D eigenvalue weighted by molar-refractivity contribution is -0.141. The number of anilines is 1. The van der Waals surface area contributed by atoms with Gasteiger partial charge in [-0.1, -0.05) is 0 Å². The molecule has 0 aromatic heterocycles. The number of nitrogens with one attached hydrogen (secondary N) is 1. The summed E-state index contributed by atoms with van der Waals surface area (Å²) in [6.07, 6.45) is -0.523. The predicted molar refractivity (Wildman–Crippen MR) is 153 cm³/mol. The van der Waals surface area contributed by atoms with Gasteiger partial charge in [0.15, 0.2) is 5.79 Å². The largest absolute Gasteiger partial charge is 0.465 e. The Hall–Kier alpha value is -0.340.